The predicted octanol–water partition coefficient (Wildman–Crippen LogP) is 0.156. The van der Waals surface area contributed by atoms with Crippen LogP contribution in [0, 0.1) is 0 Å². The molecule has 1 saturated heterocycles. The molecule has 0 bridgehead atoms. The summed E-state index contributed by atoms with van der Waals surface area (Å²) in [5, 5.41) is 11.3. The molecule has 1 atom stereocenters. The molecule has 1 aromatic carbocycles. The second-order valence-electron chi connectivity index (χ2n) is 3.59. The summed E-state index contributed by atoms with van der Waals surface area (Å²) in [5.74, 6) is -1.83. The fraction of sp³-hybridized carbons (Fsp3) is 0.273. The van der Waals surface area contributed by atoms with E-state index in [1.807, 2.05) is 30.3 Å². The Bertz CT molecular complexity index is 411. The molecule has 1 heterocycles. The SMILES string of the molecule is O=C(O)C1(C(=O)NCc2ccccc2)CO1. The Balaban J connectivity index is 1.92. The molecule has 0 spiro atoms. The standard InChI is InChI=1S/C11H11NO4/c13-9(11(7-16-11)10(14)15)12-6-8-4-2-1-3-5-8/h1-5H,6-7H2,(H,12,13)(H,14,15). The van der Waals surface area contributed by atoms with Gasteiger partial charge in [0.05, 0.1) is 6.61 Å². The first-order valence-corrected chi connectivity index (χ1v) is 4.85. The third kappa shape index (κ3) is 1.90. The molecule has 0 aromatic heterocycles. The highest BCUT2D eigenvalue weighted by atomic mass is 16.6. The third-order valence-corrected chi connectivity index (χ3v) is 2.44. The maximum Gasteiger partial charge on any atom is 0.348 e. The minimum atomic E-state index is -1.64. The van der Waals surface area contributed by atoms with E-state index in [0.717, 1.165) is 5.56 Å². The highest BCUT2D eigenvalue weighted by molar-refractivity contribution is 6.08. The van der Waals surface area contributed by atoms with E-state index in [4.69, 9.17) is 9.84 Å². The molecule has 5 heteroatoms. The molecule has 0 aliphatic carbocycles. The Morgan fingerprint density at radius 1 is 1.38 bits per heavy atom. The summed E-state index contributed by atoms with van der Waals surface area (Å²) in [6, 6.07) is 9.27. The van der Waals surface area contributed by atoms with Crippen LogP contribution in [0.2, 0.25) is 0 Å². The molecule has 5 nitrogen and oxygen atoms in total. The van der Waals surface area contributed by atoms with Gasteiger partial charge in [-0.25, -0.2) is 4.79 Å². The van der Waals surface area contributed by atoms with E-state index >= 15 is 0 Å². The molecule has 84 valence electrons. The molecule has 1 amide bonds. The summed E-state index contributed by atoms with van der Waals surface area (Å²) in [6.07, 6.45) is 0. The molecule has 1 unspecified atom stereocenters. The van der Waals surface area contributed by atoms with Crippen LogP contribution >= 0.6 is 0 Å². The Hall–Kier alpha value is -1.88. The van der Waals surface area contributed by atoms with E-state index in [2.05, 4.69) is 5.32 Å². The Morgan fingerprint density at radius 3 is 2.50 bits per heavy atom. The number of carboxylic acids is 1. The molecule has 2 rings (SSSR count). The van der Waals surface area contributed by atoms with Crippen LogP contribution in [0.1, 0.15) is 5.56 Å². The monoisotopic (exact) mass is 221 g/mol. The largest absolute Gasteiger partial charge is 0.479 e. The van der Waals surface area contributed by atoms with Gasteiger partial charge >= 0.3 is 5.97 Å². The molecule has 2 N–H and O–H groups in total. The van der Waals surface area contributed by atoms with Crippen LogP contribution in [0.3, 0.4) is 0 Å². The number of carboxylic acid groups (broad SMARTS) is 1. The van der Waals surface area contributed by atoms with Gasteiger partial charge in [0, 0.05) is 6.54 Å². The number of aliphatic carboxylic acids is 1. The van der Waals surface area contributed by atoms with Gasteiger partial charge in [-0.15, -0.1) is 0 Å². The van der Waals surface area contributed by atoms with Crippen molar-refractivity contribution in [1.29, 1.82) is 0 Å². The molecule has 16 heavy (non-hydrogen) atoms. The third-order valence-electron chi connectivity index (χ3n) is 2.44. The topological polar surface area (TPSA) is 78.9 Å². The first-order chi connectivity index (χ1) is 7.65. The summed E-state index contributed by atoms with van der Waals surface area (Å²) in [6.45, 7) is 0.251. The molecule has 0 radical (unpaired) electrons. The van der Waals surface area contributed by atoms with E-state index in [0.29, 0.717) is 6.54 Å². The number of amides is 1. The fourth-order valence-electron chi connectivity index (χ4n) is 1.34. The van der Waals surface area contributed by atoms with Crippen molar-refractivity contribution in [2.75, 3.05) is 6.61 Å². The molecule has 1 fully saturated rings. The van der Waals surface area contributed by atoms with E-state index in [9.17, 15) is 9.59 Å². The summed E-state index contributed by atoms with van der Waals surface area (Å²) < 4.78 is 4.70. The van der Waals surface area contributed by atoms with Crippen LogP contribution in [0.5, 0.6) is 0 Å². The average molecular weight is 221 g/mol. The average Bonchev–Trinajstić information content (AvgIpc) is 3.08. The minimum absolute atomic E-state index is 0.0526. The van der Waals surface area contributed by atoms with Gasteiger partial charge in [-0.05, 0) is 5.56 Å². The highest BCUT2D eigenvalue weighted by Crippen LogP contribution is 2.27. The van der Waals surface area contributed by atoms with Crippen molar-refractivity contribution in [2.24, 2.45) is 0 Å². The van der Waals surface area contributed by atoms with Gasteiger partial charge in [-0.1, -0.05) is 30.3 Å². The maximum absolute atomic E-state index is 11.5. The van der Waals surface area contributed by atoms with Crippen molar-refractivity contribution < 1.29 is 19.4 Å². The molecular formula is C11H11NO4. The second-order valence-corrected chi connectivity index (χ2v) is 3.59. The normalized spacial score (nSPS) is 22.5. The van der Waals surface area contributed by atoms with Crippen LogP contribution in [0.15, 0.2) is 30.3 Å². The van der Waals surface area contributed by atoms with Crippen LogP contribution in [0.4, 0.5) is 0 Å². The van der Waals surface area contributed by atoms with Gasteiger partial charge < -0.3 is 15.2 Å². The van der Waals surface area contributed by atoms with Crippen molar-refractivity contribution >= 4 is 11.9 Å². The van der Waals surface area contributed by atoms with Crippen LogP contribution < -0.4 is 5.32 Å². The van der Waals surface area contributed by atoms with Crippen LogP contribution in [-0.4, -0.2) is 29.2 Å². The van der Waals surface area contributed by atoms with Gasteiger partial charge in [0.25, 0.3) is 11.5 Å². The van der Waals surface area contributed by atoms with Crippen molar-refractivity contribution in [1.82, 2.24) is 5.32 Å². The maximum atomic E-state index is 11.5. The summed E-state index contributed by atoms with van der Waals surface area (Å²) in [4.78, 5) is 22.3. The van der Waals surface area contributed by atoms with Gasteiger partial charge in [-0.3, -0.25) is 4.79 Å². The second kappa shape index (κ2) is 3.94. The fourth-order valence-corrected chi connectivity index (χ4v) is 1.34. The van der Waals surface area contributed by atoms with Gasteiger partial charge in [0.15, 0.2) is 0 Å². The number of rotatable bonds is 4. The van der Waals surface area contributed by atoms with E-state index in [-0.39, 0.29) is 6.61 Å². The number of epoxide rings is 1. The molecular weight excluding hydrogens is 210 g/mol. The smallest absolute Gasteiger partial charge is 0.348 e. The van der Waals surface area contributed by atoms with E-state index in [1.54, 1.807) is 0 Å². The summed E-state index contributed by atoms with van der Waals surface area (Å²) >= 11 is 0. The lowest BCUT2D eigenvalue weighted by molar-refractivity contribution is -0.148. The first-order valence-electron chi connectivity index (χ1n) is 4.85. The molecule has 1 aliphatic rings. The van der Waals surface area contributed by atoms with Crippen molar-refractivity contribution in [3.8, 4) is 0 Å². The number of benzene rings is 1. The highest BCUT2D eigenvalue weighted by Gasteiger charge is 2.59. The molecule has 0 saturated carbocycles. The van der Waals surface area contributed by atoms with Gasteiger partial charge in [-0.2, -0.15) is 0 Å². The lowest BCUT2D eigenvalue weighted by Gasteiger charge is -2.08. The number of hydrogen-bond donors (Lipinski definition) is 2. The predicted molar refractivity (Wildman–Crippen MR) is 54.6 cm³/mol. The van der Waals surface area contributed by atoms with Gasteiger partial charge in [0.1, 0.15) is 0 Å². The quantitative estimate of drug-likeness (QED) is 0.560. The zero-order valence-corrected chi connectivity index (χ0v) is 8.47. The zero-order chi connectivity index (χ0) is 11.6. The zero-order valence-electron chi connectivity index (χ0n) is 8.47. The first kappa shape index (κ1) is 10.6. The summed E-state index contributed by atoms with van der Waals surface area (Å²) in [7, 11) is 0. The molecule has 1 aromatic rings. The number of carbonyl (C=O) groups is 2. The Kier molecular flexibility index (Phi) is 2.62. The van der Waals surface area contributed by atoms with E-state index < -0.39 is 17.5 Å². The Morgan fingerprint density at radius 2 is 2.00 bits per heavy atom. The molecule has 1 aliphatic heterocycles. The number of ether oxygens (including phenoxy) is 1. The number of carbonyl (C=O) groups excluding carboxylic acids is 1. The van der Waals surface area contributed by atoms with Crippen LogP contribution in [-0.2, 0) is 20.9 Å². The minimum Gasteiger partial charge on any atom is -0.479 e. The number of nitrogens with one attached hydrogen (secondary N) is 1. The van der Waals surface area contributed by atoms with Crippen molar-refractivity contribution in [2.45, 2.75) is 12.1 Å². The lowest BCUT2D eigenvalue weighted by atomic mass is 10.1. The summed E-state index contributed by atoms with van der Waals surface area (Å²) in [5.41, 5.74) is -0.730. The van der Waals surface area contributed by atoms with Crippen molar-refractivity contribution in [3.05, 3.63) is 35.9 Å². The van der Waals surface area contributed by atoms with Crippen molar-refractivity contribution in [3.63, 3.8) is 0 Å². The van der Waals surface area contributed by atoms with E-state index in [1.165, 1.54) is 0 Å². The number of hydrogen-bond acceptors (Lipinski definition) is 3. The lowest BCUT2D eigenvalue weighted by Crippen LogP contribution is -2.42. The Labute approximate surface area is 92.0 Å². The van der Waals surface area contributed by atoms with Crippen LogP contribution in [0.25, 0.3) is 0 Å². The van der Waals surface area contributed by atoms with Gasteiger partial charge in [0.2, 0.25) is 0 Å².